The maximum Gasteiger partial charge on any atom is 0.326 e. The molecule has 188 valence electrons. The molecule has 0 heterocycles. The van der Waals surface area contributed by atoms with E-state index in [1.807, 2.05) is 0 Å². The topological polar surface area (TPSA) is 231 Å². The van der Waals surface area contributed by atoms with Gasteiger partial charge in [-0.05, 0) is 25.2 Å². The molecular weight excluding hydrogens is 458 g/mol. The maximum absolute atomic E-state index is 12.8. The number of aliphatic carboxylic acids is 2. The zero-order valence-corrected chi connectivity index (χ0v) is 19.5. The van der Waals surface area contributed by atoms with Crippen molar-refractivity contribution in [2.24, 2.45) is 17.4 Å². The third-order valence-electron chi connectivity index (χ3n) is 4.45. The van der Waals surface area contributed by atoms with Gasteiger partial charge < -0.3 is 37.6 Å². The zero-order valence-electron chi connectivity index (χ0n) is 18.6. The van der Waals surface area contributed by atoms with E-state index in [1.54, 1.807) is 13.8 Å². The number of hydrogen-bond acceptors (Lipinski definition) is 8. The predicted molar refractivity (Wildman–Crippen MR) is 120 cm³/mol. The summed E-state index contributed by atoms with van der Waals surface area (Å²) in [6.07, 6.45) is -1.09. The molecule has 0 spiro atoms. The minimum atomic E-state index is -1.41. The Balaban J connectivity index is 5.51. The fourth-order valence-electron chi connectivity index (χ4n) is 2.69. The first-order valence-electron chi connectivity index (χ1n) is 10.3. The summed E-state index contributed by atoms with van der Waals surface area (Å²) in [5.41, 5.74) is 10.6. The lowest BCUT2D eigenvalue weighted by molar-refractivity contribution is -0.142. The first-order valence-corrected chi connectivity index (χ1v) is 10.9. The van der Waals surface area contributed by atoms with Crippen LogP contribution in [0.25, 0.3) is 0 Å². The normalized spacial score (nSPS) is 14.5. The summed E-state index contributed by atoms with van der Waals surface area (Å²) >= 11 is 3.90. The molecule has 0 aromatic carbocycles. The Kier molecular flexibility index (Phi) is 13.7. The number of nitrogens with two attached hydrogens (primary N) is 2. The summed E-state index contributed by atoms with van der Waals surface area (Å²) in [6.45, 7) is 3.53. The highest BCUT2D eigenvalue weighted by Gasteiger charge is 2.31. The Hall–Kier alpha value is -2.87. The molecule has 0 aliphatic carbocycles. The van der Waals surface area contributed by atoms with Crippen LogP contribution in [-0.4, -0.2) is 75.7 Å². The number of hydrogen-bond donors (Lipinski definition) is 8. The molecule has 33 heavy (non-hydrogen) atoms. The number of carbonyl (C=O) groups excluding carboxylic acids is 4. The number of amides is 4. The van der Waals surface area contributed by atoms with Crippen molar-refractivity contribution >= 4 is 48.2 Å². The van der Waals surface area contributed by atoms with Gasteiger partial charge >= 0.3 is 11.9 Å². The molecule has 9 N–H and O–H groups in total. The van der Waals surface area contributed by atoms with Gasteiger partial charge in [-0.2, -0.15) is 12.6 Å². The number of carboxylic acid groups (broad SMARTS) is 2. The van der Waals surface area contributed by atoms with Gasteiger partial charge in [-0.1, -0.05) is 13.8 Å². The van der Waals surface area contributed by atoms with E-state index < -0.39 is 66.2 Å². The van der Waals surface area contributed by atoms with Gasteiger partial charge in [-0.15, -0.1) is 0 Å². The van der Waals surface area contributed by atoms with Crippen molar-refractivity contribution in [1.29, 1.82) is 0 Å². The largest absolute Gasteiger partial charge is 0.481 e. The molecule has 0 saturated heterocycles. The number of thiol groups is 1. The molecule has 0 radical (unpaired) electrons. The van der Waals surface area contributed by atoms with Gasteiger partial charge in [0.2, 0.25) is 23.6 Å². The smallest absolute Gasteiger partial charge is 0.326 e. The van der Waals surface area contributed by atoms with E-state index in [0.717, 1.165) is 0 Å². The van der Waals surface area contributed by atoms with Gasteiger partial charge in [0.1, 0.15) is 18.1 Å². The molecule has 0 aliphatic rings. The van der Waals surface area contributed by atoms with Crippen molar-refractivity contribution in [3.8, 4) is 0 Å². The summed E-state index contributed by atoms with van der Waals surface area (Å²) in [4.78, 5) is 70.9. The second-order valence-electron chi connectivity index (χ2n) is 7.88. The Morgan fingerprint density at radius 2 is 1.30 bits per heavy atom. The second kappa shape index (κ2) is 15.1. The monoisotopic (exact) mass is 491 g/mol. The lowest BCUT2D eigenvalue weighted by atomic mass is 10.0. The van der Waals surface area contributed by atoms with E-state index in [-0.39, 0.29) is 37.4 Å². The van der Waals surface area contributed by atoms with E-state index in [1.165, 1.54) is 0 Å². The van der Waals surface area contributed by atoms with E-state index in [0.29, 0.717) is 0 Å². The van der Waals surface area contributed by atoms with Crippen LogP contribution >= 0.6 is 12.6 Å². The van der Waals surface area contributed by atoms with Crippen LogP contribution in [0.3, 0.4) is 0 Å². The number of primary amides is 1. The second-order valence-corrected chi connectivity index (χ2v) is 8.24. The van der Waals surface area contributed by atoms with Crippen LogP contribution in [0.5, 0.6) is 0 Å². The van der Waals surface area contributed by atoms with Crippen LogP contribution in [0, 0.1) is 5.92 Å². The lowest BCUT2D eigenvalue weighted by Gasteiger charge is -2.25. The van der Waals surface area contributed by atoms with Crippen LogP contribution in [0.15, 0.2) is 0 Å². The Morgan fingerprint density at radius 3 is 1.76 bits per heavy atom. The van der Waals surface area contributed by atoms with Crippen LogP contribution < -0.4 is 27.4 Å². The summed E-state index contributed by atoms with van der Waals surface area (Å²) < 4.78 is 0. The summed E-state index contributed by atoms with van der Waals surface area (Å²) in [6, 6.07) is -4.93. The number of carboxylic acids is 2. The third-order valence-corrected chi connectivity index (χ3v) is 4.84. The molecule has 13 nitrogen and oxygen atoms in total. The van der Waals surface area contributed by atoms with E-state index >= 15 is 0 Å². The van der Waals surface area contributed by atoms with E-state index in [2.05, 4.69) is 28.6 Å². The molecule has 0 saturated carbocycles. The zero-order chi connectivity index (χ0) is 25.7. The van der Waals surface area contributed by atoms with Crippen molar-refractivity contribution in [2.45, 2.75) is 70.1 Å². The highest BCUT2D eigenvalue weighted by atomic mass is 32.1. The molecule has 0 aromatic heterocycles. The van der Waals surface area contributed by atoms with Crippen LogP contribution in [0.4, 0.5) is 0 Å². The summed E-state index contributed by atoms with van der Waals surface area (Å²) in [5, 5.41) is 25.3. The van der Waals surface area contributed by atoms with Crippen molar-refractivity contribution < 1.29 is 39.0 Å². The Bertz CT molecular complexity index is 733. The minimum absolute atomic E-state index is 0.0145. The Labute approximate surface area is 196 Å². The molecule has 0 fully saturated rings. The van der Waals surface area contributed by atoms with Gasteiger partial charge in [0.25, 0.3) is 0 Å². The number of carbonyl (C=O) groups is 6. The number of nitrogens with one attached hydrogen (secondary N) is 3. The standard InChI is InChI=1S/C19H33N5O8S/c1-9(2)7-13(18(30)23-12(19(31)32)3-5-14(21)25)24-17(29)11(4-6-15(26)27)22-16(28)10(20)8-33/h9-13,33H,3-8,20H2,1-2H3,(H2,21,25)(H,22,28)(H,23,30)(H,24,29)(H,26,27)(H,31,32). The van der Waals surface area contributed by atoms with Crippen molar-refractivity contribution in [3.63, 3.8) is 0 Å². The summed E-state index contributed by atoms with van der Waals surface area (Å²) in [5.74, 6) is -5.80. The highest BCUT2D eigenvalue weighted by molar-refractivity contribution is 7.80. The molecule has 14 heteroatoms. The number of rotatable bonds is 16. The van der Waals surface area contributed by atoms with Crippen LogP contribution in [-0.2, 0) is 28.8 Å². The highest BCUT2D eigenvalue weighted by Crippen LogP contribution is 2.08. The lowest BCUT2D eigenvalue weighted by Crippen LogP contribution is -2.57. The third kappa shape index (κ3) is 12.7. The molecule has 0 bridgehead atoms. The quantitative estimate of drug-likeness (QED) is 0.111. The molecule has 4 unspecified atom stereocenters. The van der Waals surface area contributed by atoms with Gasteiger partial charge in [0.15, 0.2) is 0 Å². The van der Waals surface area contributed by atoms with Gasteiger partial charge in [0.05, 0.1) is 6.04 Å². The fraction of sp³-hybridized carbons (Fsp3) is 0.684. The first kappa shape index (κ1) is 30.1. The maximum atomic E-state index is 12.8. The van der Waals surface area contributed by atoms with E-state index in [9.17, 15) is 33.9 Å². The average molecular weight is 492 g/mol. The summed E-state index contributed by atoms with van der Waals surface area (Å²) in [7, 11) is 0. The average Bonchev–Trinajstić information content (AvgIpc) is 2.71. The van der Waals surface area contributed by atoms with Gasteiger partial charge in [0, 0.05) is 18.6 Å². The molecule has 4 amide bonds. The van der Waals surface area contributed by atoms with Crippen molar-refractivity contribution in [2.75, 3.05) is 5.75 Å². The van der Waals surface area contributed by atoms with Crippen LogP contribution in [0.2, 0.25) is 0 Å². The molecule has 4 atom stereocenters. The molecule has 0 rings (SSSR count). The predicted octanol–water partition coefficient (Wildman–Crippen LogP) is -2.04. The molecular formula is C19H33N5O8S. The first-order chi connectivity index (χ1) is 15.3. The minimum Gasteiger partial charge on any atom is -0.481 e. The molecule has 0 aromatic rings. The van der Waals surface area contributed by atoms with Crippen LogP contribution in [0.1, 0.15) is 46.0 Å². The Morgan fingerprint density at radius 1 is 0.818 bits per heavy atom. The van der Waals surface area contributed by atoms with Crippen molar-refractivity contribution in [1.82, 2.24) is 16.0 Å². The van der Waals surface area contributed by atoms with E-state index in [4.69, 9.17) is 16.6 Å². The SMILES string of the molecule is CC(C)CC(NC(=O)C(CCC(=O)O)NC(=O)C(N)CS)C(=O)NC(CCC(N)=O)C(=O)O. The van der Waals surface area contributed by atoms with Crippen molar-refractivity contribution in [3.05, 3.63) is 0 Å². The van der Waals surface area contributed by atoms with Gasteiger partial charge in [-0.25, -0.2) is 4.79 Å². The fourth-order valence-corrected chi connectivity index (χ4v) is 2.86. The molecule has 0 aliphatic heterocycles. The van der Waals surface area contributed by atoms with Gasteiger partial charge in [-0.3, -0.25) is 24.0 Å².